The van der Waals surface area contributed by atoms with Gasteiger partial charge in [-0.3, -0.25) is 4.79 Å². The van der Waals surface area contributed by atoms with Gasteiger partial charge < -0.3 is 15.8 Å². The number of allylic oxidation sites excluding steroid dienone is 2. The summed E-state index contributed by atoms with van der Waals surface area (Å²) < 4.78 is 20.7. The molecule has 34 heavy (non-hydrogen) atoms. The number of carbonyl (C=O) groups is 1. The summed E-state index contributed by atoms with van der Waals surface area (Å²) in [6, 6.07) is 14.5. The van der Waals surface area contributed by atoms with Crippen LogP contribution < -0.4 is 15.8 Å². The van der Waals surface area contributed by atoms with E-state index in [0.29, 0.717) is 46.8 Å². The summed E-state index contributed by atoms with van der Waals surface area (Å²) >= 11 is 0. The number of alkyl halides is 1. The Hall–Kier alpha value is -4.27. The van der Waals surface area contributed by atoms with Crippen molar-refractivity contribution in [3.8, 4) is 17.0 Å². The van der Waals surface area contributed by atoms with Crippen LogP contribution in [0.4, 0.5) is 10.2 Å². The van der Waals surface area contributed by atoms with E-state index in [9.17, 15) is 9.18 Å². The number of fused-ring (bicyclic) bond motifs is 1. The van der Waals surface area contributed by atoms with Gasteiger partial charge in [0.1, 0.15) is 29.8 Å². The summed E-state index contributed by atoms with van der Waals surface area (Å²) in [6.07, 6.45) is 4.03. The molecule has 2 aromatic carbocycles. The number of nitrogens with two attached hydrogens (primary N) is 1. The van der Waals surface area contributed by atoms with E-state index in [-0.39, 0.29) is 11.9 Å². The number of anilines is 1. The van der Waals surface area contributed by atoms with Crippen LogP contribution in [0.2, 0.25) is 0 Å². The Bertz CT molecular complexity index is 1380. The molecule has 1 aliphatic carbocycles. The average Bonchev–Trinajstić information content (AvgIpc) is 3.47. The maximum absolute atomic E-state index is 13.8. The third kappa shape index (κ3) is 3.96. The highest BCUT2D eigenvalue weighted by molar-refractivity contribution is 5.98. The van der Waals surface area contributed by atoms with Crippen LogP contribution in [-0.2, 0) is 6.54 Å². The first kappa shape index (κ1) is 21.6. The fourth-order valence-corrected chi connectivity index (χ4v) is 4.14. The van der Waals surface area contributed by atoms with Gasteiger partial charge in [0.15, 0.2) is 5.65 Å². The lowest BCUT2D eigenvalue weighted by atomic mass is 10.1. The minimum atomic E-state index is -1.00. The number of benzene rings is 2. The van der Waals surface area contributed by atoms with Gasteiger partial charge in [-0.15, -0.1) is 0 Å². The molecule has 9 heteroatoms. The molecule has 1 amide bonds. The van der Waals surface area contributed by atoms with E-state index in [1.807, 2.05) is 30.3 Å². The fourth-order valence-electron chi connectivity index (χ4n) is 4.14. The normalized spacial score (nSPS) is 17.2. The van der Waals surface area contributed by atoms with Gasteiger partial charge in [-0.05, 0) is 17.7 Å². The minimum absolute atomic E-state index is 0.216. The van der Waals surface area contributed by atoms with E-state index in [1.165, 1.54) is 19.5 Å². The molecule has 172 valence electrons. The number of nitrogen functional groups attached to an aromatic ring is 1. The zero-order chi connectivity index (χ0) is 23.7. The summed E-state index contributed by atoms with van der Waals surface area (Å²) in [4.78, 5) is 21.0. The van der Waals surface area contributed by atoms with E-state index < -0.39 is 6.17 Å². The molecule has 8 nitrogen and oxygen atoms in total. The second-order valence-corrected chi connectivity index (χ2v) is 8.03. The third-order valence-corrected chi connectivity index (χ3v) is 5.87. The molecule has 0 bridgehead atoms. The van der Waals surface area contributed by atoms with Crippen molar-refractivity contribution in [3.05, 3.63) is 78.1 Å². The van der Waals surface area contributed by atoms with Gasteiger partial charge in [0, 0.05) is 18.5 Å². The molecule has 2 atom stereocenters. The number of ether oxygens (including phenoxy) is 1. The Morgan fingerprint density at radius 2 is 1.97 bits per heavy atom. The van der Waals surface area contributed by atoms with Crippen molar-refractivity contribution >= 4 is 22.8 Å². The molecule has 1 aliphatic rings. The smallest absolute Gasteiger partial charge is 0.255 e. The maximum atomic E-state index is 13.8. The molecule has 2 heterocycles. The molecule has 0 saturated carbocycles. The predicted octanol–water partition coefficient (Wildman–Crippen LogP) is 3.85. The summed E-state index contributed by atoms with van der Waals surface area (Å²) in [7, 11) is 1.53. The van der Waals surface area contributed by atoms with Crippen LogP contribution in [0.25, 0.3) is 22.3 Å². The summed E-state index contributed by atoms with van der Waals surface area (Å²) in [6.45, 7) is 0.350. The maximum Gasteiger partial charge on any atom is 0.255 e. The number of aromatic nitrogens is 4. The minimum Gasteiger partial charge on any atom is -0.496 e. The van der Waals surface area contributed by atoms with Gasteiger partial charge in [-0.25, -0.2) is 19.0 Å². The van der Waals surface area contributed by atoms with Crippen LogP contribution >= 0.6 is 0 Å². The molecule has 0 saturated heterocycles. The van der Waals surface area contributed by atoms with Crippen LogP contribution in [0.5, 0.6) is 5.75 Å². The molecule has 0 radical (unpaired) electrons. The van der Waals surface area contributed by atoms with Gasteiger partial charge >= 0.3 is 0 Å². The monoisotopic (exact) mass is 458 g/mol. The fraction of sp³-hybridized carbons (Fsp3) is 0.200. The number of methoxy groups -OCH3 is 1. The van der Waals surface area contributed by atoms with E-state index in [1.54, 1.807) is 29.0 Å². The number of nitrogens with one attached hydrogen (secondary N) is 1. The second-order valence-electron chi connectivity index (χ2n) is 8.03. The quantitative estimate of drug-likeness (QED) is 0.425. The highest BCUT2D eigenvalue weighted by Crippen LogP contribution is 2.34. The molecule has 0 fully saturated rings. The van der Waals surface area contributed by atoms with Crippen LogP contribution in [0, 0.1) is 0 Å². The third-order valence-electron chi connectivity index (χ3n) is 5.87. The molecular weight excluding hydrogens is 435 g/mol. The Kier molecular flexibility index (Phi) is 5.67. The number of carbonyl (C=O) groups excluding carboxylic acids is 1. The Balaban J connectivity index is 1.39. The van der Waals surface area contributed by atoms with Crippen molar-refractivity contribution in [2.75, 3.05) is 12.8 Å². The summed E-state index contributed by atoms with van der Waals surface area (Å²) in [5.41, 5.74) is 9.59. The van der Waals surface area contributed by atoms with E-state index in [0.717, 1.165) is 11.1 Å². The van der Waals surface area contributed by atoms with Crippen LogP contribution in [-0.4, -0.2) is 38.9 Å². The largest absolute Gasteiger partial charge is 0.496 e. The highest BCUT2D eigenvalue weighted by atomic mass is 19.1. The Labute approximate surface area is 195 Å². The van der Waals surface area contributed by atoms with Gasteiger partial charge in [0.25, 0.3) is 5.91 Å². The molecule has 3 N–H and O–H groups in total. The number of rotatable bonds is 6. The molecule has 0 spiro atoms. The lowest BCUT2D eigenvalue weighted by molar-refractivity contribution is 0.0948. The van der Waals surface area contributed by atoms with Crippen LogP contribution in [0.3, 0.4) is 0 Å². The summed E-state index contributed by atoms with van der Waals surface area (Å²) in [5.74, 6) is 0.624. The van der Waals surface area contributed by atoms with E-state index in [2.05, 4.69) is 15.3 Å². The molecular formula is C25H23FN6O2. The SMILES string of the molecule is COc1ccccc1C(=O)NCc1ccc(-c2nn(C3C=CC(F)C3)c3ncnc(N)c23)cc1. The average molecular weight is 458 g/mol. The number of para-hydroxylation sites is 1. The van der Waals surface area contributed by atoms with Gasteiger partial charge in [0.05, 0.1) is 24.1 Å². The predicted molar refractivity (Wildman–Crippen MR) is 127 cm³/mol. The van der Waals surface area contributed by atoms with Crippen molar-refractivity contribution in [2.45, 2.75) is 25.2 Å². The lowest BCUT2D eigenvalue weighted by Gasteiger charge is -2.10. The van der Waals surface area contributed by atoms with Crippen molar-refractivity contribution in [1.29, 1.82) is 0 Å². The number of amides is 1. The molecule has 2 aromatic heterocycles. The van der Waals surface area contributed by atoms with Gasteiger partial charge in [0.2, 0.25) is 0 Å². The number of hydrogen-bond acceptors (Lipinski definition) is 6. The first-order chi connectivity index (χ1) is 16.5. The Morgan fingerprint density at radius 3 is 2.71 bits per heavy atom. The summed E-state index contributed by atoms with van der Waals surface area (Å²) in [5, 5.41) is 8.28. The number of hydrogen-bond donors (Lipinski definition) is 2. The zero-order valence-corrected chi connectivity index (χ0v) is 18.5. The number of halogens is 1. The lowest BCUT2D eigenvalue weighted by Crippen LogP contribution is -2.23. The zero-order valence-electron chi connectivity index (χ0n) is 18.5. The van der Waals surface area contributed by atoms with Crippen molar-refractivity contribution < 1.29 is 13.9 Å². The van der Waals surface area contributed by atoms with Crippen molar-refractivity contribution in [1.82, 2.24) is 25.1 Å². The van der Waals surface area contributed by atoms with Crippen LogP contribution in [0.1, 0.15) is 28.4 Å². The topological polar surface area (TPSA) is 108 Å². The van der Waals surface area contributed by atoms with Crippen molar-refractivity contribution in [3.63, 3.8) is 0 Å². The molecule has 0 aliphatic heterocycles. The number of nitrogens with zero attached hydrogens (tertiary/aromatic N) is 4. The highest BCUT2D eigenvalue weighted by Gasteiger charge is 2.25. The van der Waals surface area contributed by atoms with E-state index >= 15 is 0 Å². The standard InChI is InChI=1S/C25H23FN6O2/c1-34-20-5-3-2-4-19(20)25(33)28-13-15-6-8-16(9-7-15)22-21-23(27)29-14-30-24(21)32(31-22)18-11-10-17(26)12-18/h2-11,14,17-18H,12-13H2,1H3,(H,28,33)(H2,27,29,30). The molecule has 2 unspecified atom stereocenters. The van der Waals surface area contributed by atoms with Crippen LogP contribution in [0.15, 0.2) is 67.0 Å². The Morgan fingerprint density at radius 1 is 1.18 bits per heavy atom. The molecule has 4 aromatic rings. The first-order valence-electron chi connectivity index (χ1n) is 10.9. The van der Waals surface area contributed by atoms with Crippen molar-refractivity contribution in [2.24, 2.45) is 0 Å². The molecule has 5 rings (SSSR count). The second kappa shape index (κ2) is 8.93. The first-order valence-corrected chi connectivity index (χ1v) is 10.9. The van der Waals surface area contributed by atoms with Gasteiger partial charge in [-0.1, -0.05) is 48.6 Å². The van der Waals surface area contributed by atoms with E-state index in [4.69, 9.17) is 15.6 Å². The van der Waals surface area contributed by atoms with Gasteiger partial charge in [-0.2, -0.15) is 5.10 Å².